The molecule has 0 radical (unpaired) electrons. The number of aromatic nitrogens is 1. The minimum atomic E-state index is 0.680. The predicted octanol–water partition coefficient (Wildman–Crippen LogP) is 3.06. The van der Waals surface area contributed by atoms with E-state index >= 15 is 0 Å². The summed E-state index contributed by atoms with van der Waals surface area (Å²) in [4.78, 5) is 4.24. The number of hydrogen-bond donors (Lipinski definition) is 1. The molecule has 4 heteroatoms. The second-order valence-corrected chi connectivity index (χ2v) is 4.54. The lowest BCUT2D eigenvalue weighted by molar-refractivity contribution is 0.482. The SMILES string of the molecule is CCNCc1ncc(-c2ccccc2I)o1. The molecule has 1 heterocycles. The highest BCUT2D eigenvalue weighted by Gasteiger charge is 2.08. The highest BCUT2D eigenvalue weighted by Crippen LogP contribution is 2.25. The smallest absolute Gasteiger partial charge is 0.208 e. The summed E-state index contributed by atoms with van der Waals surface area (Å²) in [5.74, 6) is 1.56. The van der Waals surface area contributed by atoms with Crippen LogP contribution in [-0.2, 0) is 6.54 Å². The quantitative estimate of drug-likeness (QED) is 0.877. The maximum absolute atomic E-state index is 5.67. The van der Waals surface area contributed by atoms with Crippen molar-refractivity contribution in [3.05, 3.63) is 39.9 Å². The third-order valence-electron chi connectivity index (χ3n) is 2.22. The van der Waals surface area contributed by atoms with Crippen molar-refractivity contribution in [2.45, 2.75) is 13.5 Å². The van der Waals surface area contributed by atoms with Crippen LogP contribution in [-0.4, -0.2) is 11.5 Å². The van der Waals surface area contributed by atoms with Crippen molar-refractivity contribution in [3.8, 4) is 11.3 Å². The number of hydrogen-bond acceptors (Lipinski definition) is 3. The standard InChI is InChI=1S/C12H13IN2O/c1-2-14-8-12-15-7-11(16-12)9-5-3-4-6-10(9)13/h3-7,14H,2,8H2,1H3. The molecule has 0 unspecified atom stereocenters. The number of rotatable bonds is 4. The van der Waals surface area contributed by atoms with Crippen molar-refractivity contribution in [2.24, 2.45) is 0 Å². The summed E-state index contributed by atoms with van der Waals surface area (Å²) in [5.41, 5.74) is 1.10. The van der Waals surface area contributed by atoms with Gasteiger partial charge in [0.05, 0.1) is 12.7 Å². The van der Waals surface area contributed by atoms with Gasteiger partial charge in [0.25, 0.3) is 0 Å². The van der Waals surface area contributed by atoms with Crippen molar-refractivity contribution in [3.63, 3.8) is 0 Å². The molecule has 84 valence electrons. The van der Waals surface area contributed by atoms with Crippen LogP contribution in [0.4, 0.5) is 0 Å². The van der Waals surface area contributed by atoms with Crippen molar-refractivity contribution in [2.75, 3.05) is 6.54 Å². The number of benzene rings is 1. The van der Waals surface area contributed by atoms with Crippen LogP contribution in [0.15, 0.2) is 34.9 Å². The summed E-state index contributed by atoms with van der Waals surface area (Å²) in [6, 6.07) is 8.12. The first-order valence-corrected chi connectivity index (χ1v) is 6.29. The lowest BCUT2D eigenvalue weighted by Crippen LogP contribution is -2.11. The fraction of sp³-hybridized carbons (Fsp3) is 0.250. The number of nitrogens with one attached hydrogen (secondary N) is 1. The molecule has 0 spiro atoms. The number of oxazole rings is 1. The van der Waals surface area contributed by atoms with Gasteiger partial charge in [0.2, 0.25) is 5.89 Å². The van der Waals surface area contributed by atoms with E-state index in [1.54, 1.807) is 6.20 Å². The van der Waals surface area contributed by atoms with Crippen LogP contribution in [0.2, 0.25) is 0 Å². The van der Waals surface area contributed by atoms with Gasteiger partial charge in [0, 0.05) is 9.13 Å². The zero-order valence-electron chi connectivity index (χ0n) is 9.03. The van der Waals surface area contributed by atoms with E-state index in [1.165, 1.54) is 3.57 Å². The van der Waals surface area contributed by atoms with Crippen LogP contribution < -0.4 is 5.32 Å². The monoisotopic (exact) mass is 328 g/mol. The van der Waals surface area contributed by atoms with Crippen LogP contribution >= 0.6 is 22.6 Å². The molecule has 0 aliphatic heterocycles. The molecule has 0 aliphatic carbocycles. The van der Waals surface area contributed by atoms with Crippen LogP contribution in [0, 0.1) is 3.57 Å². The molecule has 1 aromatic heterocycles. The maximum atomic E-state index is 5.67. The second-order valence-electron chi connectivity index (χ2n) is 3.38. The summed E-state index contributed by atoms with van der Waals surface area (Å²) >= 11 is 2.30. The highest BCUT2D eigenvalue weighted by atomic mass is 127. The lowest BCUT2D eigenvalue weighted by atomic mass is 10.2. The molecule has 1 N–H and O–H groups in total. The van der Waals surface area contributed by atoms with Crippen molar-refractivity contribution in [1.82, 2.24) is 10.3 Å². The Balaban J connectivity index is 2.22. The molecular weight excluding hydrogens is 315 g/mol. The average Bonchev–Trinajstić information content (AvgIpc) is 2.75. The van der Waals surface area contributed by atoms with E-state index in [2.05, 4.69) is 45.9 Å². The molecule has 0 bridgehead atoms. The Morgan fingerprint density at radius 1 is 1.38 bits per heavy atom. The van der Waals surface area contributed by atoms with Crippen molar-refractivity contribution < 1.29 is 4.42 Å². The zero-order valence-corrected chi connectivity index (χ0v) is 11.2. The fourth-order valence-electron chi connectivity index (χ4n) is 1.41. The summed E-state index contributed by atoms with van der Waals surface area (Å²) in [6.45, 7) is 3.66. The molecule has 3 nitrogen and oxygen atoms in total. The average molecular weight is 328 g/mol. The van der Waals surface area contributed by atoms with Gasteiger partial charge in [0.1, 0.15) is 0 Å². The van der Waals surface area contributed by atoms with Gasteiger partial charge in [0.15, 0.2) is 5.76 Å². The van der Waals surface area contributed by atoms with E-state index < -0.39 is 0 Å². The Kier molecular flexibility index (Phi) is 3.95. The van der Waals surface area contributed by atoms with Crippen LogP contribution in [0.1, 0.15) is 12.8 Å². The summed E-state index contributed by atoms with van der Waals surface area (Å²) in [5, 5.41) is 3.19. The first kappa shape index (κ1) is 11.6. The molecular formula is C12H13IN2O. The zero-order chi connectivity index (χ0) is 11.4. The van der Waals surface area contributed by atoms with Gasteiger partial charge >= 0.3 is 0 Å². The minimum Gasteiger partial charge on any atom is -0.439 e. The first-order valence-electron chi connectivity index (χ1n) is 5.21. The van der Waals surface area contributed by atoms with Crippen LogP contribution in [0.3, 0.4) is 0 Å². The maximum Gasteiger partial charge on any atom is 0.208 e. The van der Waals surface area contributed by atoms with E-state index in [9.17, 15) is 0 Å². The van der Waals surface area contributed by atoms with E-state index in [4.69, 9.17) is 4.42 Å². The first-order chi connectivity index (χ1) is 7.81. The van der Waals surface area contributed by atoms with Gasteiger partial charge < -0.3 is 9.73 Å². The van der Waals surface area contributed by atoms with Gasteiger partial charge in [-0.05, 0) is 35.2 Å². The van der Waals surface area contributed by atoms with E-state index in [0.717, 1.165) is 23.8 Å². The lowest BCUT2D eigenvalue weighted by Gasteiger charge is -1.99. The molecule has 2 aromatic rings. The van der Waals surface area contributed by atoms with Crippen molar-refractivity contribution in [1.29, 1.82) is 0 Å². The minimum absolute atomic E-state index is 0.680. The molecule has 2 rings (SSSR count). The van der Waals surface area contributed by atoms with E-state index in [1.807, 2.05) is 18.2 Å². The third-order valence-corrected chi connectivity index (χ3v) is 3.16. The number of halogens is 1. The Hall–Kier alpha value is -0.880. The Labute approximate surface area is 108 Å². The third kappa shape index (κ3) is 2.62. The van der Waals surface area contributed by atoms with Gasteiger partial charge in [-0.1, -0.05) is 25.1 Å². The molecule has 0 saturated carbocycles. The molecule has 0 fully saturated rings. The Morgan fingerprint density at radius 2 is 2.19 bits per heavy atom. The molecule has 0 amide bonds. The predicted molar refractivity (Wildman–Crippen MR) is 72.0 cm³/mol. The van der Waals surface area contributed by atoms with E-state index in [0.29, 0.717) is 6.54 Å². The summed E-state index contributed by atoms with van der Waals surface area (Å²) < 4.78 is 6.85. The summed E-state index contributed by atoms with van der Waals surface area (Å²) in [6.07, 6.45) is 1.78. The van der Waals surface area contributed by atoms with Gasteiger partial charge in [-0.25, -0.2) is 4.98 Å². The molecule has 16 heavy (non-hydrogen) atoms. The van der Waals surface area contributed by atoms with Gasteiger partial charge in [-0.2, -0.15) is 0 Å². The Morgan fingerprint density at radius 3 is 2.94 bits per heavy atom. The second kappa shape index (κ2) is 5.45. The van der Waals surface area contributed by atoms with Gasteiger partial charge in [-0.15, -0.1) is 0 Å². The molecule has 0 atom stereocenters. The van der Waals surface area contributed by atoms with Gasteiger partial charge in [-0.3, -0.25) is 0 Å². The summed E-state index contributed by atoms with van der Waals surface area (Å²) in [7, 11) is 0. The normalized spacial score (nSPS) is 10.6. The van der Waals surface area contributed by atoms with Crippen LogP contribution in [0.5, 0.6) is 0 Å². The number of nitrogens with zero attached hydrogens (tertiary/aromatic N) is 1. The van der Waals surface area contributed by atoms with Crippen LogP contribution in [0.25, 0.3) is 11.3 Å². The topological polar surface area (TPSA) is 38.1 Å². The Bertz CT molecular complexity index is 468. The van der Waals surface area contributed by atoms with Crippen molar-refractivity contribution >= 4 is 22.6 Å². The largest absolute Gasteiger partial charge is 0.439 e. The van der Waals surface area contributed by atoms with E-state index in [-0.39, 0.29) is 0 Å². The molecule has 1 aromatic carbocycles. The fourth-order valence-corrected chi connectivity index (χ4v) is 2.06. The highest BCUT2D eigenvalue weighted by molar-refractivity contribution is 14.1. The molecule has 0 saturated heterocycles. The molecule has 0 aliphatic rings.